The smallest absolute Gasteiger partial charge is 0.323 e. The van der Waals surface area contributed by atoms with Gasteiger partial charge in [-0.3, -0.25) is 14.5 Å². The molecular weight excluding hydrogens is 424 g/mol. The Hall–Kier alpha value is -2.32. The highest BCUT2D eigenvalue weighted by atomic mass is 16.4. The molecule has 0 radical (unpaired) electrons. The van der Waals surface area contributed by atoms with Gasteiger partial charge in [-0.2, -0.15) is 0 Å². The first-order valence-electron chi connectivity index (χ1n) is 12.2. The van der Waals surface area contributed by atoms with E-state index in [0.717, 1.165) is 44.9 Å². The number of piperidine rings is 1. The number of aliphatic carboxylic acids is 1. The first kappa shape index (κ1) is 25.3. The molecule has 1 atom stereocenters. The molecule has 3 rings (SSSR count). The molecular formula is C25H38N2O6. The second-order valence-electron chi connectivity index (χ2n) is 9.82. The zero-order valence-corrected chi connectivity index (χ0v) is 19.7. The number of aromatic hydroxyl groups is 2. The molecule has 1 aliphatic carbocycles. The molecule has 2 aliphatic rings. The fourth-order valence-corrected chi connectivity index (χ4v) is 5.31. The van der Waals surface area contributed by atoms with Gasteiger partial charge in [-0.15, -0.1) is 0 Å². The Labute approximate surface area is 195 Å². The number of benzene rings is 1. The van der Waals surface area contributed by atoms with Gasteiger partial charge in [0, 0.05) is 25.2 Å². The van der Waals surface area contributed by atoms with Crippen LogP contribution in [0.4, 0.5) is 0 Å². The molecule has 8 heteroatoms. The van der Waals surface area contributed by atoms with E-state index in [4.69, 9.17) is 0 Å². The van der Waals surface area contributed by atoms with Gasteiger partial charge in [0.2, 0.25) is 0 Å². The minimum absolute atomic E-state index is 0.00730. The molecule has 0 aromatic heterocycles. The maximum absolute atomic E-state index is 13.0. The lowest BCUT2D eigenvalue weighted by molar-refractivity contribution is -0.146. The molecule has 1 saturated heterocycles. The van der Waals surface area contributed by atoms with Crippen LogP contribution >= 0.6 is 0 Å². The van der Waals surface area contributed by atoms with Crippen molar-refractivity contribution in [1.82, 2.24) is 9.80 Å². The van der Waals surface area contributed by atoms with Crippen LogP contribution in [0, 0.1) is 5.92 Å². The van der Waals surface area contributed by atoms with Gasteiger partial charge in [-0.1, -0.05) is 26.7 Å². The number of carbonyl (C=O) groups is 2. The molecule has 4 N–H and O–H groups in total. The van der Waals surface area contributed by atoms with Gasteiger partial charge in [0.05, 0.1) is 12.2 Å². The highest BCUT2D eigenvalue weighted by Crippen LogP contribution is 2.34. The van der Waals surface area contributed by atoms with E-state index in [9.17, 15) is 30.0 Å². The molecule has 1 amide bonds. The number of amides is 1. The molecule has 1 aromatic carbocycles. The second-order valence-corrected chi connectivity index (χ2v) is 9.82. The van der Waals surface area contributed by atoms with E-state index in [1.54, 1.807) is 11.0 Å². The summed E-state index contributed by atoms with van der Waals surface area (Å²) in [5.74, 6) is -1.01. The number of hydrogen-bond acceptors (Lipinski definition) is 6. The van der Waals surface area contributed by atoms with Gasteiger partial charge in [0.15, 0.2) is 0 Å². The first-order valence-corrected chi connectivity index (χ1v) is 12.2. The lowest BCUT2D eigenvalue weighted by Crippen LogP contribution is -2.49. The summed E-state index contributed by atoms with van der Waals surface area (Å²) in [6.07, 6.45) is 6.62. The number of hydrogen-bond donors (Lipinski definition) is 4. The van der Waals surface area contributed by atoms with Crippen molar-refractivity contribution in [1.29, 1.82) is 0 Å². The molecule has 1 saturated carbocycles. The molecule has 8 nitrogen and oxygen atoms in total. The monoisotopic (exact) mass is 462 g/mol. The van der Waals surface area contributed by atoms with Crippen molar-refractivity contribution in [3.8, 4) is 11.5 Å². The fourth-order valence-electron chi connectivity index (χ4n) is 5.31. The highest BCUT2D eigenvalue weighted by molar-refractivity contribution is 5.97. The Balaban J connectivity index is 1.58. The molecule has 1 unspecified atom stereocenters. The number of likely N-dealkylation sites (tertiary alicyclic amines) is 1. The Morgan fingerprint density at radius 1 is 1.06 bits per heavy atom. The molecule has 0 bridgehead atoms. The summed E-state index contributed by atoms with van der Waals surface area (Å²) in [5, 5.41) is 39.5. The quantitative estimate of drug-likeness (QED) is 0.445. The summed E-state index contributed by atoms with van der Waals surface area (Å²) in [7, 11) is 0. The number of carbonyl (C=O) groups excluding carboxylic acids is 1. The molecule has 184 valence electrons. The molecule has 0 spiro atoms. The third-order valence-corrected chi connectivity index (χ3v) is 7.35. The van der Waals surface area contributed by atoms with E-state index >= 15 is 0 Å². The predicted molar refractivity (Wildman–Crippen MR) is 125 cm³/mol. The number of aliphatic hydroxyl groups excluding tert-OH is 1. The molecule has 1 aromatic rings. The van der Waals surface area contributed by atoms with E-state index in [1.807, 2.05) is 18.7 Å². The van der Waals surface area contributed by atoms with Crippen LogP contribution in [0.15, 0.2) is 12.1 Å². The first-order chi connectivity index (χ1) is 15.7. The molecule has 33 heavy (non-hydrogen) atoms. The van der Waals surface area contributed by atoms with Crippen molar-refractivity contribution in [2.45, 2.75) is 76.8 Å². The highest BCUT2D eigenvalue weighted by Gasteiger charge is 2.33. The van der Waals surface area contributed by atoms with Gasteiger partial charge in [-0.25, -0.2) is 0 Å². The van der Waals surface area contributed by atoms with Crippen molar-refractivity contribution in [2.75, 3.05) is 26.2 Å². The van der Waals surface area contributed by atoms with E-state index in [0.29, 0.717) is 31.1 Å². The lowest BCUT2D eigenvalue weighted by Gasteiger charge is -2.36. The third kappa shape index (κ3) is 5.98. The van der Waals surface area contributed by atoms with E-state index in [-0.39, 0.29) is 41.5 Å². The number of phenolic OH excluding ortho intramolecular Hbond substituents is 2. The van der Waals surface area contributed by atoms with Gasteiger partial charge >= 0.3 is 5.97 Å². The topological polar surface area (TPSA) is 122 Å². The maximum Gasteiger partial charge on any atom is 0.323 e. The second kappa shape index (κ2) is 11.2. The van der Waals surface area contributed by atoms with Crippen LogP contribution < -0.4 is 0 Å². The van der Waals surface area contributed by atoms with Crippen molar-refractivity contribution in [3.05, 3.63) is 23.3 Å². The normalized spacial score (nSPS) is 18.9. The van der Waals surface area contributed by atoms with E-state index < -0.39 is 12.0 Å². The summed E-state index contributed by atoms with van der Waals surface area (Å²) < 4.78 is 0. The number of carboxylic acid groups (broad SMARTS) is 1. The van der Waals surface area contributed by atoms with Gasteiger partial charge in [-0.05, 0) is 62.1 Å². The summed E-state index contributed by atoms with van der Waals surface area (Å²) in [4.78, 5) is 28.4. The van der Waals surface area contributed by atoms with E-state index in [2.05, 4.69) is 0 Å². The van der Waals surface area contributed by atoms with Crippen LogP contribution in [0.1, 0.15) is 80.6 Å². The summed E-state index contributed by atoms with van der Waals surface area (Å²) in [6, 6.07) is 2.19. The Kier molecular flexibility index (Phi) is 8.59. The lowest BCUT2D eigenvalue weighted by atomic mass is 9.92. The standard InChI is InChI=1S/C25H38N2O6/c1-16(2)19-13-20(23(30)14-22(19)29)24(31)26-10-7-17(8-11-26)9-12-27(18-5-3-4-6-18)21(15-28)25(32)33/h13-14,16-18,21,28-30H,3-12,15H2,1-2H3,(H,32,33). The summed E-state index contributed by atoms with van der Waals surface area (Å²) >= 11 is 0. The largest absolute Gasteiger partial charge is 0.508 e. The number of carboxylic acids is 1. The van der Waals surface area contributed by atoms with Crippen LogP contribution in [0.25, 0.3) is 0 Å². The molecule has 1 heterocycles. The minimum Gasteiger partial charge on any atom is -0.508 e. The molecule has 1 aliphatic heterocycles. The predicted octanol–water partition coefficient (Wildman–Crippen LogP) is 3.15. The summed E-state index contributed by atoms with van der Waals surface area (Å²) in [5.41, 5.74) is 0.851. The fraction of sp³-hybridized carbons (Fsp3) is 0.680. The average molecular weight is 463 g/mol. The Bertz CT molecular complexity index is 828. The number of nitrogens with zero attached hydrogens (tertiary/aromatic N) is 2. The van der Waals surface area contributed by atoms with Crippen LogP contribution in [0.2, 0.25) is 0 Å². The Morgan fingerprint density at radius 2 is 1.70 bits per heavy atom. The van der Waals surface area contributed by atoms with Gasteiger partial charge in [0.1, 0.15) is 17.5 Å². The number of phenols is 2. The average Bonchev–Trinajstić information content (AvgIpc) is 3.30. The third-order valence-electron chi connectivity index (χ3n) is 7.35. The van der Waals surface area contributed by atoms with E-state index in [1.165, 1.54) is 6.07 Å². The minimum atomic E-state index is -0.973. The molecule has 2 fully saturated rings. The van der Waals surface area contributed by atoms with Crippen molar-refractivity contribution in [3.63, 3.8) is 0 Å². The zero-order valence-electron chi connectivity index (χ0n) is 19.7. The van der Waals surface area contributed by atoms with Crippen molar-refractivity contribution < 1.29 is 30.0 Å². The van der Waals surface area contributed by atoms with Crippen molar-refractivity contribution >= 4 is 11.9 Å². The van der Waals surface area contributed by atoms with Crippen LogP contribution in [0.3, 0.4) is 0 Å². The Morgan fingerprint density at radius 3 is 2.24 bits per heavy atom. The van der Waals surface area contributed by atoms with Crippen molar-refractivity contribution in [2.24, 2.45) is 5.92 Å². The van der Waals surface area contributed by atoms with Gasteiger partial charge < -0.3 is 25.3 Å². The number of rotatable bonds is 9. The zero-order chi connectivity index (χ0) is 24.1. The number of aliphatic hydroxyl groups is 1. The van der Waals surface area contributed by atoms with Gasteiger partial charge in [0.25, 0.3) is 5.91 Å². The van der Waals surface area contributed by atoms with Crippen LogP contribution in [0.5, 0.6) is 11.5 Å². The maximum atomic E-state index is 13.0. The van der Waals surface area contributed by atoms with Crippen LogP contribution in [-0.4, -0.2) is 80.4 Å². The SMILES string of the molecule is CC(C)c1cc(C(=O)N2CCC(CCN(C3CCCC3)C(CO)C(=O)O)CC2)c(O)cc1O. The summed E-state index contributed by atoms with van der Waals surface area (Å²) in [6.45, 7) is 5.25. The van der Waals surface area contributed by atoms with Crippen LogP contribution in [-0.2, 0) is 4.79 Å².